The van der Waals surface area contributed by atoms with E-state index in [2.05, 4.69) is 42.7 Å². The number of hydrogen-bond acceptors (Lipinski definition) is 1. The fourth-order valence-electron chi connectivity index (χ4n) is 0.921. The third kappa shape index (κ3) is 2.76. The molecule has 0 spiro atoms. The van der Waals surface area contributed by atoms with Crippen LogP contribution in [0.1, 0.15) is 6.92 Å². The largest absolute Gasteiger partial charge is 0.413 e. The van der Waals surface area contributed by atoms with Gasteiger partial charge in [0.15, 0.2) is 0 Å². The van der Waals surface area contributed by atoms with Gasteiger partial charge in [-0.15, -0.1) is 0 Å². The van der Waals surface area contributed by atoms with Crippen molar-refractivity contribution in [3.63, 3.8) is 0 Å². The Labute approximate surface area is 70.1 Å². The molecule has 1 aromatic rings. The van der Waals surface area contributed by atoms with E-state index >= 15 is 0 Å². The molecule has 1 rings (SSSR count). The van der Waals surface area contributed by atoms with Crippen LogP contribution in [-0.2, 0) is 0 Å². The van der Waals surface area contributed by atoms with Crippen LogP contribution >= 0.6 is 0 Å². The highest BCUT2D eigenvalue weighted by molar-refractivity contribution is 6.60. The maximum Gasteiger partial charge on any atom is 0.133 e. The van der Waals surface area contributed by atoms with E-state index in [0.29, 0.717) is 0 Å². The number of nitrogens with one attached hydrogen (secondary N) is 1. The van der Waals surface area contributed by atoms with Gasteiger partial charge in [-0.2, -0.15) is 0 Å². The third-order valence-corrected chi connectivity index (χ3v) is 3.85. The molecule has 1 N–H and O–H groups in total. The molecule has 1 atom stereocenters. The molecule has 0 saturated carbocycles. The monoisotopic (exact) mass is 165 g/mol. The number of benzene rings is 1. The molecular formula is C9H15NSi. The molecule has 0 aliphatic rings. The molecule has 0 fully saturated rings. The molecule has 1 aromatic carbocycles. The maximum atomic E-state index is 3.53. The molecule has 11 heavy (non-hydrogen) atoms. The van der Waals surface area contributed by atoms with Crippen LogP contribution in [0.4, 0.5) is 5.69 Å². The quantitative estimate of drug-likeness (QED) is 0.678. The lowest BCUT2D eigenvalue weighted by Gasteiger charge is -2.10. The Balaban J connectivity index is 2.51. The van der Waals surface area contributed by atoms with Gasteiger partial charge in [-0.25, -0.2) is 0 Å². The minimum Gasteiger partial charge on any atom is -0.413 e. The second kappa shape index (κ2) is 4.19. The molecule has 0 aliphatic carbocycles. The molecule has 0 heterocycles. The molecule has 0 aromatic heterocycles. The van der Waals surface area contributed by atoms with Crippen LogP contribution in [0.2, 0.25) is 12.6 Å². The van der Waals surface area contributed by atoms with Gasteiger partial charge in [0.1, 0.15) is 8.96 Å². The zero-order valence-electron chi connectivity index (χ0n) is 7.17. The van der Waals surface area contributed by atoms with Crippen molar-refractivity contribution in [2.75, 3.05) is 4.98 Å². The van der Waals surface area contributed by atoms with Gasteiger partial charge >= 0.3 is 0 Å². The Kier molecular flexibility index (Phi) is 3.17. The van der Waals surface area contributed by atoms with Gasteiger partial charge in [0.05, 0.1) is 0 Å². The molecule has 2 heteroatoms. The average Bonchev–Trinajstić information content (AvgIpc) is 2.06. The lowest BCUT2D eigenvalue weighted by atomic mass is 10.3. The van der Waals surface area contributed by atoms with Gasteiger partial charge in [0.2, 0.25) is 0 Å². The standard InChI is InChI=1S/C9H15NSi/c1-3-11(2)10-9-7-5-4-6-8-9/h4-8,10-11H,3H2,1-2H3. The number of para-hydroxylation sites is 1. The summed E-state index contributed by atoms with van der Waals surface area (Å²) in [5.74, 6) is 0. The molecule has 60 valence electrons. The van der Waals surface area contributed by atoms with Crippen LogP contribution in [-0.4, -0.2) is 8.96 Å². The van der Waals surface area contributed by atoms with E-state index in [1.807, 2.05) is 6.07 Å². The van der Waals surface area contributed by atoms with Crippen molar-refractivity contribution < 1.29 is 0 Å². The first-order valence-electron chi connectivity index (χ1n) is 4.14. The van der Waals surface area contributed by atoms with Crippen LogP contribution in [0.5, 0.6) is 0 Å². The van der Waals surface area contributed by atoms with Gasteiger partial charge in [-0.3, -0.25) is 0 Å². The van der Waals surface area contributed by atoms with Gasteiger partial charge in [0, 0.05) is 5.69 Å². The molecule has 0 radical (unpaired) electrons. The average molecular weight is 165 g/mol. The van der Waals surface area contributed by atoms with E-state index in [4.69, 9.17) is 0 Å². The van der Waals surface area contributed by atoms with Gasteiger partial charge < -0.3 is 4.98 Å². The van der Waals surface area contributed by atoms with Crippen molar-refractivity contribution >= 4 is 14.6 Å². The summed E-state index contributed by atoms with van der Waals surface area (Å²) < 4.78 is 0. The van der Waals surface area contributed by atoms with Crippen molar-refractivity contribution in [3.05, 3.63) is 30.3 Å². The molecule has 1 unspecified atom stereocenters. The number of rotatable bonds is 3. The minimum absolute atomic E-state index is 0.658. The lowest BCUT2D eigenvalue weighted by molar-refractivity contribution is 1.40. The topological polar surface area (TPSA) is 12.0 Å². The number of anilines is 1. The second-order valence-corrected chi connectivity index (χ2v) is 5.73. The molecule has 0 amide bonds. The van der Waals surface area contributed by atoms with E-state index in [1.54, 1.807) is 0 Å². The highest BCUT2D eigenvalue weighted by Crippen LogP contribution is 2.06. The van der Waals surface area contributed by atoms with Crippen molar-refractivity contribution in [1.29, 1.82) is 0 Å². The Bertz CT molecular complexity index is 198. The van der Waals surface area contributed by atoms with E-state index in [-0.39, 0.29) is 0 Å². The first-order chi connectivity index (χ1) is 5.33. The summed E-state index contributed by atoms with van der Waals surface area (Å²) >= 11 is 0. The van der Waals surface area contributed by atoms with E-state index in [1.165, 1.54) is 11.7 Å². The highest BCUT2D eigenvalue weighted by Gasteiger charge is 1.98. The second-order valence-electron chi connectivity index (χ2n) is 2.82. The Morgan fingerprint density at radius 1 is 1.27 bits per heavy atom. The van der Waals surface area contributed by atoms with Crippen LogP contribution in [0.3, 0.4) is 0 Å². The highest BCUT2D eigenvalue weighted by atomic mass is 28.3. The van der Waals surface area contributed by atoms with Crippen molar-refractivity contribution in [2.24, 2.45) is 0 Å². The van der Waals surface area contributed by atoms with E-state index in [9.17, 15) is 0 Å². The van der Waals surface area contributed by atoms with Crippen molar-refractivity contribution in [1.82, 2.24) is 0 Å². The summed E-state index contributed by atoms with van der Waals surface area (Å²) in [4.78, 5) is 3.53. The van der Waals surface area contributed by atoms with Crippen LogP contribution in [0.25, 0.3) is 0 Å². The summed E-state index contributed by atoms with van der Waals surface area (Å²) in [7, 11) is -0.658. The molecular weight excluding hydrogens is 150 g/mol. The first-order valence-corrected chi connectivity index (χ1v) is 6.69. The van der Waals surface area contributed by atoms with Gasteiger partial charge in [-0.1, -0.05) is 31.7 Å². The zero-order chi connectivity index (χ0) is 8.10. The SMILES string of the molecule is CC[SiH](C)Nc1ccccc1. The summed E-state index contributed by atoms with van der Waals surface area (Å²) in [6.07, 6.45) is 0. The van der Waals surface area contributed by atoms with Gasteiger partial charge in [0.25, 0.3) is 0 Å². The lowest BCUT2D eigenvalue weighted by Crippen LogP contribution is -2.18. The van der Waals surface area contributed by atoms with E-state index < -0.39 is 8.96 Å². The van der Waals surface area contributed by atoms with E-state index in [0.717, 1.165) is 0 Å². The van der Waals surface area contributed by atoms with Gasteiger partial charge in [-0.05, 0) is 18.2 Å². The summed E-state index contributed by atoms with van der Waals surface area (Å²) in [6.45, 7) is 4.57. The summed E-state index contributed by atoms with van der Waals surface area (Å²) in [6, 6.07) is 11.7. The summed E-state index contributed by atoms with van der Waals surface area (Å²) in [5.41, 5.74) is 1.27. The molecule has 1 nitrogen and oxygen atoms in total. The van der Waals surface area contributed by atoms with Crippen molar-refractivity contribution in [3.8, 4) is 0 Å². The third-order valence-electron chi connectivity index (χ3n) is 1.80. The van der Waals surface area contributed by atoms with Crippen molar-refractivity contribution in [2.45, 2.75) is 19.5 Å². The molecule has 0 aliphatic heterocycles. The predicted octanol–water partition coefficient (Wildman–Crippen LogP) is 2.47. The normalized spacial score (nSPS) is 12.5. The maximum absolute atomic E-state index is 3.53. The molecule has 0 bridgehead atoms. The zero-order valence-corrected chi connectivity index (χ0v) is 8.33. The fourth-order valence-corrected chi connectivity index (χ4v) is 1.89. The Morgan fingerprint density at radius 2 is 1.91 bits per heavy atom. The number of hydrogen-bond donors (Lipinski definition) is 1. The Hall–Kier alpha value is -0.763. The van der Waals surface area contributed by atoms with Crippen LogP contribution in [0.15, 0.2) is 30.3 Å². The first kappa shape index (κ1) is 8.33. The smallest absolute Gasteiger partial charge is 0.133 e. The summed E-state index contributed by atoms with van der Waals surface area (Å²) in [5, 5.41) is 0. The van der Waals surface area contributed by atoms with Crippen LogP contribution in [0, 0.1) is 0 Å². The predicted molar refractivity (Wildman–Crippen MR) is 53.6 cm³/mol. The minimum atomic E-state index is -0.658. The molecule has 0 saturated heterocycles. The van der Waals surface area contributed by atoms with Crippen LogP contribution < -0.4 is 4.98 Å². The Morgan fingerprint density at radius 3 is 2.45 bits per heavy atom. The fraction of sp³-hybridized carbons (Fsp3) is 0.333.